The van der Waals surface area contributed by atoms with Crippen molar-refractivity contribution in [1.82, 2.24) is 20.1 Å². The molecule has 0 radical (unpaired) electrons. The van der Waals surface area contributed by atoms with Gasteiger partial charge in [0, 0.05) is 18.8 Å². The Hall–Kier alpha value is -0.550. The molecule has 0 spiro atoms. The van der Waals surface area contributed by atoms with E-state index in [2.05, 4.69) is 15.5 Å². The average molecular weight is 198 g/mol. The predicted molar refractivity (Wildman–Crippen MR) is 52.8 cm³/mol. The van der Waals surface area contributed by atoms with E-state index in [4.69, 9.17) is 0 Å². The summed E-state index contributed by atoms with van der Waals surface area (Å²) in [4.78, 5) is 0. The van der Waals surface area contributed by atoms with Gasteiger partial charge in [0.1, 0.15) is 6.33 Å². The molecule has 5 heteroatoms. The molecule has 0 unspecified atom stereocenters. The summed E-state index contributed by atoms with van der Waals surface area (Å²) in [6.45, 7) is 1.17. The standard InChI is InChI=1S/C8H14N4S/c1-12-6-10-11-8(12)13-5-7-3-2-4-9-7/h6-7,9H,2-5H2,1H3/t7-/m0/s1. The maximum absolute atomic E-state index is 4.02. The number of nitrogens with one attached hydrogen (secondary N) is 1. The Morgan fingerprint density at radius 2 is 2.69 bits per heavy atom. The third kappa shape index (κ3) is 2.22. The van der Waals surface area contributed by atoms with Crippen LogP contribution in [0.3, 0.4) is 0 Å². The van der Waals surface area contributed by atoms with Gasteiger partial charge in [-0.25, -0.2) is 0 Å². The maximum Gasteiger partial charge on any atom is 0.190 e. The summed E-state index contributed by atoms with van der Waals surface area (Å²) in [6.07, 6.45) is 4.35. The van der Waals surface area contributed by atoms with Gasteiger partial charge in [0.05, 0.1) is 0 Å². The smallest absolute Gasteiger partial charge is 0.190 e. The number of rotatable bonds is 3. The van der Waals surface area contributed by atoms with E-state index >= 15 is 0 Å². The van der Waals surface area contributed by atoms with Crippen LogP contribution in [0, 0.1) is 0 Å². The van der Waals surface area contributed by atoms with Gasteiger partial charge in [0.15, 0.2) is 5.16 Å². The second-order valence-corrected chi connectivity index (χ2v) is 4.32. The molecule has 4 nitrogen and oxygen atoms in total. The van der Waals surface area contributed by atoms with Gasteiger partial charge in [-0.3, -0.25) is 0 Å². The molecule has 0 bridgehead atoms. The Morgan fingerprint density at radius 3 is 3.31 bits per heavy atom. The molecule has 0 aromatic carbocycles. The number of aryl methyl sites for hydroxylation is 1. The monoisotopic (exact) mass is 198 g/mol. The summed E-state index contributed by atoms with van der Waals surface area (Å²) >= 11 is 1.78. The van der Waals surface area contributed by atoms with Crippen molar-refractivity contribution in [3.63, 3.8) is 0 Å². The molecular formula is C8H14N4S. The first-order chi connectivity index (χ1) is 6.36. The molecule has 0 amide bonds. The molecule has 2 rings (SSSR count). The zero-order valence-electron chi connectivity index (χ0n) is 7.73. The Bertz CT molecular complexity index is 267. The van der Waals surface area contributed by atoms with Crippen LogP contribution in [0.5, 0.6) is 0 Å². The summed E-state index contributed by atoms with van der Waals surface area (Å²) in [7, 11) is 1.98. The van der Waals surface area contributed by atoms with Crippen molar-refractivity contribution in [2.75, 3.05) is 12.3 Å². The molecule has 1 atom stereocenters. The molecule has 0 aliphatic carbocycles. The van der Waals surface area contributed by atoms with Gasteiger partial charge >= 0.3 is 0 Å². The predicted octanol–water partition coefficient (Wildman–Crippen LogP) is 0.659. The highest BCUT2D eigenvalue weighted by Crippen LogP contribution is 2.18. The number of hydrogen-bond donors (Lipinski definition) is 1. The minimum atomic E-state index is 0.668. The molecule has 1 aliphatic heterocycles. The van der Waals surface area contributed by atoms with Crippen LogP contribution in [0.25, 0.3) is 0 Å². The van der Waals surface area contributed by atoms with E-state index in [1.165, 1.54) is 19.4 Å². The molecule has 1 aromatic rings. The summed E-state index contributed by atoms with van der Waals surface area (Å²) in [5.74, 6) is 1.10. The fourth-order valence-corrected chi connectivity index (χ4v) is 2.47. The highest BCUT2D eigenvalue weighted by atomic mass is 32.2. The molecule has 1 saturated heterocycles. The third-order valence-corrected chi connectivity index (χ3v) is 3.44. The fourth-order valence-electron chi connectivity index (χ4n) is 1.48. The van der Waals surface area contributed by atoms with E-state index in [0.29, 0.717) is 6.04 Å². The van der Waals surface area contributed by atoms with Crippen LogP contribution in [0.2, 0.25) is 0 Å². The molecule has 0 saturated carbocycles. The minimum Gasteiger partial charge on any atom is -0.313 e. The van der Waals surface area contributed by atoms with E-state index < -0.39 is 0 Å². The zero-order valence-corrected chi connectivity index (χ0v) is 8.55. The quantitative estimate of drug-likeness (QED) is 0.725. The third-order valence-electron chi connectivity index (χ3n) is 2.25. The molecule has 72 valence electrons. The highest BCUT2D eigenvalue weighted by Gasteiger charge is 2.14. The van der Waals surface area contributed by atoms with Crippen molar-refractivity contribution in [3.8, 4) is 0 Å². The highest BCUT2D eigenvalue weighted by molar-refractivity contribution is 7.99. The van der Waals surface area contributed by atoms with E-state index in [0.717, 1.165) is 10.9 Å². The second kappa shape index (κ2) is 4.11. The topological polar surface area (TPSA) is 42.7 Å². The van der Waals surface area contributed by atoms with Gasteiger partial charge in [-0.2, -0.15) is 0 Å². The lowest BCUT2D eigenvalue weighted by molar-refractivity contribution is 0.671. The number of aromatic nitrogens is 3. The summed E-state index contributed by atoms with van der Waals surface area (Å²) < 4.78 is 1.96. The summed E-state index contributed by atoms with van der Waals surface area (Å²) in [5.41, 5.74) is 0. The van der Waals surface area contributed by atoms with Crippen molar-refractivity contribution in [3.05, 3.63) is 6.33 Å². The van der Waals surface area contributed by atoms with Crippen molar-refractivity contribution in [2.45, 2.75) is 24.0 Å². The lowest BCUT2D eigenvalue weighted by atomic mass is 10.3. The van der Waals surface area contributed by atoms with E-state index in [-0.39, 0.29) is 0 Å². The lowest BCUT2D eigenvalue weighted by Gasteiger charge is -2.07. The zero-order chi connectivity index (χ0) is 9.10. The van der Waals surface area contributed by atoms with Gasteiger partial charge < -0.3 is 9.88 Å². The second-order valence-electron chi connectivity index (χ2n) is 3.33. The first-order valence-electron chi connectivity index (χ1n) is 4.56. The number of thioether (sulfide) groups is 1. The molecule has 13 heavy (non-hydrogen) atoms. The molecule has 1 N–H and O–H groups in total. The van der Waals surface area contributed by atoms with E-state index in [9.17, 15) is 0 Å². The Labute approximate surface area is 82.1 Å². The van der Waals surface area contributed by atoms with Crippen molar-refractivity contribution >= 4 is 11.8 Å². The number of hydrogen-bond acceptors (Lipinski definition) is 4. The van der Waals surface area contributed by atoms with Crippen LogP contribution in [-0.2, 0) is 7.05 Å². The first-order valence-corrected chi connectivity index (χ1v) is 5.55. The molecule has 1 aromatic heterocycles. The number of nitrogens with zero attached hydrogens (tertiary/aromatic N) is 3. The van der Waals surface area contributed by atoms with Crippen molar-refractivity contribution in [1.29, 1.82) is 0 Å². The average Bonchev–Trinajstić information content (AvgIpc) is 2.72. The van der Waals surface area contributed by atoms with Crippen LogP contribution in [0.4, 0.5) is 0 Å². The van der Waals surface area contributed by atoms with Crippen LogP contribution >= 0.6 is 11.8 Å². The molecular weight excluding hydrogens is 184 g/mol. The van der Waals surface area contributed by atoms with Gasteiger partial charge in [-0.1, -0.05) is 11.8 Å². The molecule has 1 aliphatic rings. The van der Waals surface area contributed by atoms with Crippen LogP contribution < -0.4 is 5.32 Å². The van der Waals surface area contributed by atoms with Crippen LogP contribution in [-0.4, -0.2) is 33.1 Å². The van der Waals surface area contributed by atoms with Gasteiger partial charge in [0.25, 0.3) is 0 Å². The summed E-state index contributed by atoms with van der Waals surface area (Å²) in [5, 5.41) is 12.3. The first kappa shape index (κ1) is 9.02. The molecule has 2 heterocycles. The van der Waals surface area contributed by atoms with Crippen molar-refractivity contribution < 1.29 is 0 Å². The van der Waals surface area contributed by atoms with Gasteiger partial charge in [-0.05, 0) is 19.4 Å². The van der Waals surface area contributed by atoms with E-state index in [1.54, 1.807) is 18.1 Å². The SMILES string of the molecule is Cn1cnnc1SC[C@@H]1CCCN1. The molecule has 1 fully saturated rings. The fraction of sp³-hybridized carbons (Fsp3) is 0.750. The lowest BCUT2D eigenvalue weighted by Crippen LogP contribution is -2.23. The van der Waals surface area contributed by atoms with Gasteiger partial charge in [-0.15, -0.1) is 10.2 Å². The van der Waals surface area contributed by atoms with Crippen LogP contribution in [0.1, 0.15) is 12.8 Å². The largest absolute Gasteiger partial charge is 0.313 e. The maximum atomic E-state index is 4.02. The summed E-state index contributed by atoms with van der Waals surface area (Å²) in [6, 6.07) is 0.668. The normalized spacial score (nSPS) is 22.4. The van der Waals surface area contributed by atoms with Crippen molar-refractivity contribution in [2.24, 2.45) is 7.05 Å². The van der Waals surface area contributed by atoms with Crippen LogP contribution in [0.15, 0.2) is 11.5 Å². The Kier molecular flexibility index (Phi) is 2.85. The minimum absolute atomic E-state index is 0.668. The van der Waals surface area contributed by atoms with E-state index in [1.807, 2.05) is 11.6 Å². The van der Waals surface area contributed by atoms with Gasteiger partial charge in [0.2, 0.25) is 0 Å². The Balaban J connectivity index is 1.82. The Morgan fingerprint density at radius 1 is 1.77 bits per heavy atom.